The molecule has 3 nitrogen and oxygen atoms in total. The molecule has 2 rings (SSSR count). The first-order valence-electron chi connectivity index (χ1n) is 5.38. The van der Waals surface area contributed by atoms with E-state index in [-0.39, 0.29) is 16.2 Å². The lowest BCUT2D eigenvalue weighted by Crippen LogP contribution is -2.14. The molecule has 0 amide bonds. The zero-order valence-electron chi connectivity index (χ0n) is 9.86. The van der Waals surface area contributed by atoms with E-state index in [0.29, 0.717) is 0 Å². The lowest BCUT2D eigenvalue weighted by molar-refractivity contribution is -0.137. The number of nitrogen functional groups attached to an aromatic ring is 1. The van der Waals surface area contributed by atoms with Crippen molar-refractivity contribution in [3.8, 4) is 0 Å². The van der Waals surface area contributed by atoms with Gasteiger partial charge >= 0.3 is 6.18 Å². The molecule has 1 aliphatic rings. The minimum absolute atomic E-state index is 0.00737. The Hall–Kier alpha value is -2.02. The predicted molar refractivity (Wildman–Crippen MR) is 70.2 cm³/mol. The SMILES string of the molecule is Nc1cc(C2=CC(=O)C=CC2=O)c(C(F)(F)F)cc1S. The Bertz CT molecular complexity index is 675. The van der Waals surface area contributed by atoms with Crippen LogP contribution in [0.2, 0.25) is 0 Å². The monoisotopic (exact) mass is 299 g/mol. The Morgan fingerprint density at radius 3 is 2.35 bits per heavy atom. The molecule has 20 heavy (non-hydrogen) atoms. The highest BCUT2D eigenvalue weighted by Crippen LogP contribution is 2.39. The number of ketones is 2. The second-order valence-electron chi connectivity index (χ2n) is 4.11. The van der Waals surface area contributed by atoms with Crippen LogP contribution in [0.15, 0.2) is 35.3 Å². The standard InChI is InChI=1S/C13H8F3NO2S/c14-13(15,16)9-5-12(20)10(17)4-7(9)8-3-6(18)1-2-11(8)19/h1-5,20H,17H2. The molecule has 0 saturated carbocycles. The largest absolute Gasteiger partial charge is 0.417 e. The highest BCUT2D eigenvalue weighted by atomic mass is 32.1. The number of benzene rings is 1. The van der Waals surface area contributed by atoms with Crippen LogP contribution in [-0.4, -0.2) is 11.6 Å². The van der Waals surface area contributed by atoms with Gasteiger partial charge in [-0.15, -0.1) is 12.6 Å². The molecule has 0 aliphatic heterocycles. The zero-order chi connectivity index (χ0) is 15.1. The Morgan fingerprint density at radius 1 is 1.10 bits per heavy atom. The number of anilines is 1. The minimum Gasteiger partial charge on any atom is -0.398 e. The van der Waals surface area contributed by atoms with E-state index >= 15 is 0 Å². The maximum atomic E-state index is 13.0. The molecular weight excluding hydrogens is 291 g/mol. The van der Waals surface area contributed by atoms with Crippen LogP contribution < -0.4 is 5.73 Å². The molecule has 0 saturated heterocycles. The molecule has 0 aromatic heterocycles. The normalized spacial score (nSPS) is 15.5. The molecule has 0 bridgehead atoms. The number of rotatable bonds is 1. The predicted octanol–water partition coefficient (Wildman–Crippen LogP) is 2.67. The number of hydrogen-bond acceptors (Lipinski definition) is 4. The van der Waals surface area contributed by atoms with Gasteiger partial charge in [-0.1, -0.05) is 0 Å². The average molecular weight is 299 g/mol. The van der Waals surface area contributed by atoms with Crippen LogP contribution in [-0.2, 0) is 15.8 Å². The molecule has 0 heterocycles. The van der Waals surface area contributed by atoms with Crippen LogP contribution >= 0.6 is 12.6 Å². The third-order valence-corrected chi connectivity index (χ3v) is 3.10. The lowest BCUT2D eigenvalue weighted by Gasteiger charge is -2.17. The van der Waals surface area contributed by atoms with E-state index < -0.39 is 28.9 Å². The summed E-state index contributed by atoms with van der Waals surface area (Å²) in [5, 5.41) is 0. The van der Waals surface area contributed by atoms with E-state index in [0.717, 1.165) is 30.4 Å². The maximum absolute atomic E-state index is 13.0. The molecule has 7 heteroatoms. The summed E-state index contributed by atoms with van der Waals surface area (Å²) in [6, 6.07) is 1.74. The molecular formula is C13H8F3NO2S. The fourth-order valence-corrected chi connectivity index (χ4v) is 1.98. The van der Waals surface area contributed by atoms with Gasteiger partial charge in [0, 0.05) is 21.7 Å². The van der Waals surface area contributed by atoms with Gasteiger partial charge in [0.25, 0.3) is 0 Å². The highest BCUT2D eigenvalue weighted by Gasteiger charge is 2.36. The van der Waals surface area contributed by atoms with Crippen molar-refractivity contribution in [2.75, 3.05) is 5.73 Å². The fourth-order valence-electron chi connectivity index (χ4n) is 1.78. The summed E-state index contributed by atoms with van der Waals surface area (Å²) >= 11 is 3.84. The topological polar surface area (TPSA) is 60.2 Å². The van der Waals surface area contributed by atoms with Crippen molar-refractivity contribution in [1.82, 2.24) is 0 Å². The number of allylic oxidation sites excluding steroid dienone is 4. The summed E-state index contributed by atoms with van der Waals surface area (Å²) in [7, 11) is 0. The van der Waals surface area contributed by atoms with E-state index in [1.54, 1.807) is 0 Å². The number of hydrogen-bond donors (Lipinski definition) is 2. The van der Waals surface area contributed by atoms with Gasteiger partial charge in [-0.25, -0.2) is 0 Å². The van der Waals surface area contributed by atoms with E-state index in [4.69, 9.17) is 5.73 Å². The fraction of sp³-hybridized carbons (Fsp3) is 0.0769. The maximum Gasteiger partial charge on any atom is 0.417 e. The van der Waals surface area contributed by atoms with Crippen molar-refractivity contribution in [2.45, 2.75) is 11.1 Å². The molecule has 0 fully saturated rings. The van der Waals surface area contributed by atoms with E-state index in [1.807, 2.05) is 0 Å². The number of thiol groups is 1. The Balaban J connectivity index is 2.71. The van der Waals surface area contributed by atoms with E-state index in [1.165, 1.54) is 0 Å². The van der Waals surface area contributed by atoms with E-state index in [9.17, 15) is 22.8 Å². The van der Waals surface area contributed by atoms with Crippen molar-refractivity contribution in [3.63, 3.8) is 0 Å². The Labute approximate surface area is 117 Å². The van der Waals surface area contributed by atoms with Crippen LogP contribution in [0.3, 0.4) is 0 Å². The number of alkyl halides is 3. The molecule has 1 aromatic rings. The smallest absolute Gasteiger partial charge is 0.398 e. The molecule has 2 N–H and O–H groups in total. The van der Waals surface area contributed by atoms with Crippen molar-refractivity contribution in [3.05, 3.63) is 41.5 Å². The molecule has 0 unspecified atom stereocenters. The third-order valence-electron chi connectivity index (χ3n) is 2.71. The third kappa shape index (κ3) is 2.62. The summed E-state index contributed by atoms with van der Waals surface area (Å²) in [5.41, 5.74) is 3.72. The van der Waals surface area contributed by atoms with E-state index in [2.05, 4.69) is 12.6 Å². The van der Waals surface area contributed by atoms with Gasteiger partial charge in [0.05, 0.1) is 5.56 Å². The van der Waals surface area contributed by atoms with Crippen molar-refractivity contribution >= 4 is 35.5 Å². The van der Waals surface area contributed by atoms with Crippen LogP contribution in [0.4, 0.5) is 18.9 Å². The molecule has 1 aromatic carbocycles. The average Bonchev–Trinajstić information content (AvgIpc) is 2.34. The summed E-state index contributed by atoms with van der Waals surface area (Å²) in [5.74, 6) is -1.23. The first-order valence-corrected chi connectivity index (χ1v) is 5.83. The van der Waals surface area contributed by atoms with Gasteiger partial charge < -0.3 is 5.73 Å². The zero-order valence-corrected chi connectivity index (χ0v) is 10.8. The van der Waals surface area contributed by atoms with Crippen molar-refractivity contribution in [2.24, 2.45) is 0 Å². The van der Waals surface area contributed by atoms with Gasteiger partial charge in [-0.3, -0.25) is 9.59 Å². The van der Waals surface area contributed by atoms with Crippen LogP contribution in [0.1, 0.15) is 11.1 Å². The number of halogens is 3. The van der Waals surface area contributed by atoms with Gasteiger partial charge in [0.15, 0.2) is 11.6 Å². The Kier molecular flexibility index (Phi) is 3.47. The number of carbonyl (C=O) groups excluding carboxylic acids is 2. The molecule has 0 spiro atoms. The molecule has 104 valence electrons. The first kappa shape index (κ1) is 14.4. The summed E-state index contributed by atoms with van der Waals surface area (Å²) < 4.78 is 39.1. The summed E-state index contributed by atoms with van der Waals surface area (Å²) in [4.78, 5) is 22.9. The quantitative estimate of drug-likeness (QED) is 0.476. The highest BCUT2D eigenvalue weighted by molar-refractivity contribution is 7.80. The summed E-state index contributed by atoms with van der Waals surface area (Å²) in [6.07, 6.45) is -1.89. The summed E-state index contributed by atoms with van der Waals surface area (Å²) in [6.45, 7) is 0. The second-order valence-corrected chi connectivity index (χ2v) is 4.59. The second kappa shape index (κ2) is 4.82. The molecule has 1 aliphatic carbocycles. The van der Waals surface area contributed by atoms with Crippen molar-refractivity contribution in [1.29, 1.82) is 0 Å². The Morgan fingerprint density at radius 2 is 1.75 bits per heavy atom. The van der Waals surface area contributed by atoms with Crippen molar-refractivity contribution < 1.29 is 22.8 Å². The van der Waals surface area contributed by atoms with Crippen LogP contribution in [0, 0.1) is 0 Å². The molecule has 0 atom stereocenters. The lowest BCUT2D eigenvalue weighted by atomic mass is 9.92. The van der Waals surface area contributed by atoms with Crippen LogP contribution in [0.5, 0.6) is 0 Å². The minimum atomic E-state index is -4.69. The number of carbonyl (C=O) groups is 2. The molecule has 0 radical (unpaired) electrons. The van der Waals surface area contributed by atoms with Gasteiger partial charge in [0.1, 0.15) is 0 Å². The van der Waals surface area contributed by atoms with Crippen LogP contribution in [0.25, 0.3) is 5.57 Å². The van der Waals surface area contributed by atoms with Gasteiger partial charge in [0.2, 0.25) is 0 Å². The number of nitrogens with two attached hydrogens (primary N) is 1. The van der Waals surface area contributed by atoms with Gasteiger partial charge in [-0.05, 0) is 30.4 Å². The first-order chi connectivity index (χ1) is 9.20. The van der Waals surface area contributed by atoms with Gasteiger partial charge in [-0.2, -0.15) is 13.2 Å².